The van der Waals surface area contributed by atoms with Crippen molar-refractivity contribution >= 4 is 27.5 Å². The van der Waals surface area contributed by atoms with E-state index in [1.807, 2.05) is 38.1 Å². The highest BCUT2D eigenvalue weighted by Crippen LogP contribution is 2.30. The molecule has 18 heavy (non-hydrogen) atoms. The summed E-state index contributed by atoms with van der Waals surface area (Å²) in [5.74, 6) is 0.216. The fraction of sp³-hybridized carbons (Fsp3) is 0.308. The Morgan fingerprint density at radius 3 is 2.56 bits per heavy atom. The molecule has 96 valence electrons. The van der Waals surface area contributed by atoms with Gasteiger partial charge < -0.3 is 5.11 Å². The molecule has 0 amide bonds. The third kappa shape index (κ3) is 2.32. The number of aliphatic hydroxyl groups is 1. The van der Waals surface area contributed by atoms with Crippen molar-refractivity contribution in [1.82, 2.24) is 9.78 Å². The van der Waals surface area contributed by atoms with Gasteiger partial charge in [-0.25, -0.2) is 4.68 Å². The Hall–Kier alpha value is -0.840. The lowest BCUT2D eigenvalue weighted by Gasteiger charge is -2.05. The van der Waals surface area contributed by atoms with Crippen LogP contribution >= 0.6 is 27.5 Å². The zero-order valence-electron chi connectivity index (χ0n) is 10.2. The molecule has 0 spiro atoms. The first kappa shape index (κ1) is 13.6. The van der Waals surface area contributed by atoms with Crippen LogP contribution in [0.15, 0.2) is 28.7 Å². The summed E-state index contributed by atoms with van der Waals surface area (Å²) in [5.41, 5.74) is 2.39. The molecule has 0 aliphatic heterocycles. The number of para-hydroxylation sites is 1. The van der Waals surface area contributed by atoms with Gasteiger partial charge in [0.15, 0.2) is 0 Å². The van der Waals surface area contributed by atoms with Crippen LogP contribution < -0.4 is 0 Å². The zero-order valence-corrected chi connectivity index (χ0v) is 12.5. The number of halogens is 2. The van der Waals surface area contributed by atoms with Crippen LogP contribution in [-0.2, 0) is 6.61 Å². The average Bonchev–Trinajstić information content (AvgIpc) is 2.67. The monoisotopic (exact) mass is 328 g/mol. The van der Waals surface area contributed by atoms with E-state index in [0.717, 1.165) is 15.9 Å². The molecule has 0 fully saturated rings. The number of hydrogen-bond donors (Lipinski definition) is 1. The summed E-state index contributed by atoms with van der Waals surface area (Å²) in [7, 11) is 0. The van der Waals surface area contributed by atoms with Crippen molar-refractivity contribution in [2.24, 2.45) is 0 Å². The molecule has 0 aliphatic rings. The van der Waals surface area contributed by atoms with Gasteiger partial charge in [-0.1, -0.05) is 37.6 Å². The van der Waals surface area contributed by atoms with E-state index in [1.165, 1.54) is 0 Å². The fourth-order valence-electron chi connectivity index (χ4n) is 1.84. The summed E-state index contributed by atoms with van der Waals surface area (Å²) in [5, 5.41) is 14.4. The Morgan fingerprint density at radius 2 is 2.06 bits per heavy atom. The summed E-state index contributed by atoms with van der Waals surface area (Å²) in [4.78, 5) is 0. The van der Waals surface area contributed by atoms with Crippen LogP contribution in [-0.4, -0.2) is 14.9 Å². The number of benzene rings is 1. The van der Waals surface area contributed by atoms with E-state index in [4.69, 9.17) is 11.6 Å². The molecule has 0 saturated carbocycles. The van der Waals surface area contributed by atoms with E-state index < -0.39 is 0 Å². The van der Waals surface area contributed by atoms with Crippen LogP contribution in [0.1, 0.15) is 31.0 Å². The standard InChI is InChI=1S/C13H14BrClN2O/c1-8(2)12-9(7-18)13(15)17(16-12)11-6-4-3-5-10(11)14/h3-6,8,18H,7H2,1-2H3. The fourth-order valence-corrected chi connectivity index (χ4v) is 2.58. The van der Waals surface area contributed by atoms with Crippen molar-refractivity contribution in [2.45, 2.75) is 26.4 Å². The molecule has 0 unspecified atom stereocenters. The molecule has 5 heteroatoms. The lowest BCUT2D eigenvalue weighted by Crippen LogP contribution is -1.99. The maximum absolute atomic E-state index is 9.43. The largest absolute Gasteiger partial charge is 0.391 e. The van der Waals surface area contributed by atoms with E-state index in [1.54, 1.807) is 4.68 Å². The normalized spacial score (nSPS) is 11.2. The van der Waals surface area contributed by atoms with Crippen molar-refractivity contribution in [1.29, 1.82) is 0 Å². The number of nitrogens with zero attached hydrogens (tertiary/aromatic N) is 2. The van der Waals surface area contributed by atoms with Crippen LogP contribution in [0.5, 0.6) is 0 Å². The molecule has 0 bridgehead atoms. The molecule has 0 aliphatic carbocycles. The third-order valence-corrected chi connectivity index (χ3v) is 3.80. The Bertz CT molecular complexity index is 566. The van der Waals surface area contributed by atoms with Crippen LogP contribution in [0.4, 0.5) is 0 Å². The summed E-state index contributed by atoms with van der Waals surface area (Å²) < 4.78 is 2.57. The maximum atomic E-state index is 9.43. The van der Waals surface area contributed by atoms with Crippen LogP contribution in [0.25, 0.3) is 5.69 Å². The summed E-state index contributed by atoms with van der Waals surface area (Å²) in [6.07, 6.45) is 0. The molecule has 2 rings (SSSR count). The van der Waals surface area contributed by atoms with E-state index in [-0.39, 0.29) is 12.5 Å². The predicted octanol–water partition coefficient (Wildman–Crippen LogP) is 3.90. The molecule has 1 N–H and O–H groups in total. The van der Waals surface area contributed by atoms with Gasteiger partial charge in [0.2, 0.25) is 0 Å². The molecule has 1 aromatic carbocycles. The molecule has 1 heterocycles. The van der Waals surface area contributed by atoms with Crippen molar-refractivity contribution in [2.75, 3.05) is 0 Å². The second-order valence-electron chi connectivity index (χ2n) is 4.33. The Balaban J connectivity index is 2.63. The van der Waals surface area contributed by atoms with Crippen molar-refractivity contribution in [3.05, 3.63) is 45.1 Å². The number of hydrogen-bond acceptors (Lipinski definition) is 2. The molecule has 0 saturated heterocycles. The second kappa shape index (κ2) is 5.43. The van der Waals surface area contributed by atoms with E-state index >= 15 is 0 Å². The molecule has 0 atom stereocenters. The third-order valence-electron chi connectivity index (χ3n) is 2.74. The van der Waals surface area contributed by atoms with Gasteiger partial charge in [0.05, 0.1) is 18.0 Å². The first-order valence-corrected chi connectivity index (χ1v) is 6.86. The second-order valence-corrected chi connectivity index (χ2v) is 5.54. The molecule has 0 radical (unpaired) electrons. The van der Waals surface area contributed by atoms with E-state index in [2.05, 4.69) is 21.0 Å². The van der Waals surface area contributed by atoms with Gasteiger partial charge in [-0.2, -0.15) is 5.10 Å². The quantitative estimate of drug-likeness (QED) is 0.927. The van der Waals surface area contributed by atoms with Crippen LogP contribution in [0.3, 0.4) is 0 Å². The molecule has 3 nitrogen and oxygen atoms in total. The topological polar surface area (TPSA) is 38.0 Å². The highest BCUT2D eigenvalue weighted by Gasteiger charge is 2.19. The predicted molar refractivity (Wildman–Crippen MR) is 76.3 cm³/mol. The van der Waals surface area contributed by atoms with E-state index in [9.17, 15) is 5.11 Å². The summed E-state index contributed by atoms with van der Waals surface area (Å²) in [6, 6.07) is 7.71. The van der Waals surface area contributed by atoms with Crippen molar-refractivity contribution in [3.63, 3.8) is 0 Å². The summed E-state index contributed by atoms with van der Waals surface area (Å²) in [6.45, 7) is 3.96. The summed E-state index contributed by atoms with van der Waals surface area (Å²) >= 11 is 9.78. The lowest BCUT2D eigenvalue weighted by atomic mass is 10.1. The Labute approximate surface area is 120 Å². The van der Waals surface area contributed by atoms with Crippen LogP contribution in [0, 0.1) is 0 Å². The van der Waals surface area contributed by atoms with Gasteiger partial charge in [-0.15, -0.1) is 0 Å². The van der Waals surface area contributed by atoms with E-state index in [0.29, 0.717) is 10.7 Å². The molecular formula is C13H14BrClN2O. The Kier molecular flexibility index (Phi) is 4.10. The first-order valence-electron chi connectivity index (χ1n) is 5.69. The molecule has 2 aromatic rings. The lowest BCUT2D eigenvalue weighted by molar-refractivity contribution is 0.280. The number of rotatable bonds is 3. The maximum Gasteiger partial charge on any atom is 0.138 e. The van der Waals surface area contributed by atoms with Gasteiger partial charge in [-0.05, 0) is 34.0 Å². The van der Waals surface area contributed by atoms with Crippen molar-refractivity contribution < 1.29 is 5.11 Å². The highest BCUT2D eigenvalue weighted by molar-refractivity contribution is 9.10. The molecular weight excluding hydrogens is 316 g/mol. The smallest absolute Gasteiger partial charge is 0.138 e. The minimum atomic E-state index is -0.100. The average molecular weight is 330 g/mol. The minimum absolute atomic E-state index is 0.100. The molecule has 1 aromatic heterocycles. The first-order chi connectivity index (χ1) is 8.56. The highest BCUT2D eigenvalue weighted by atomic mass is 79.9. The minimum Gasteiger partial charge on any atom is -0.391 e. The SMILES string of the molecule is CC(C)c1nn(-c2ccccc2Br)c(Cl)c1CO. The van der Waals surface area contributed by atoms with Gasteiger partial charge in [0, 0.05) is 10.0 Å². The number of aliphatic hydroxyl groups excluding tert-OH is 1. The van der Waals surface area contributed by atoms with Gasteiger partial charge in [0.1, 0.15) is 5.15 Å². The van der Waals surface area contributed by atoms with Gasteiger partial charge >= 0.3 is 0 Å². The van der Waals surface area contributed by atoms with Crippen LogP contribution in [0.2, 0.25) is 5.15 Å². The van der Waals surface area contributed by atoms with Crippen molar-refractivity contribution in [3.8, 4) is 5.69 Å². The van der Waals surface area contributed by atoms with Gasteiger partial charge in [-0.3, -0.25) is 0 Å². The Morgan fingerprint density at radius 1 is 1.39 bits per heavy atom. The van der Waals surface area contributed by atoms with Gasteiger partial charge in [0.25, 0.3) is 0 Å². The zero-order chi connectivity index (χ0) is 13.3. The number of aromatic nitrogens is 2.